The Kier molecular flexibility index (Phi) is 3.72. The van der Waals surface area contributed by atoms with Crippen molar-refractivity contribution in [3.8, 4) is 0 Å². The number of benzene rings is 4. The van der Waals surface area contributed by atoms with Gasteiger partial charge in [-0.2, -0.15) is 0 Å². The Morgan fingerprint density at radius 3 is 2.29 bits per heavy atom. The predicted molar refractivity (Wildman–Crippen MR) is 102 cm³/mol. The van der Waals surface area contributed by atoms with Gasteiger partial charge in [0.15, 0.2) is 0 Å². The number of hydrogen-bond donors (Lipinski definition) is 1. The molecule has 0 aliphatic heterocycles. The van der Waals surface area contributed by atoms with Gasteiger partial charge in [-0.1, -0.05) is 84.9 Å². The highest BCUT2D eigenvalue weighted by Gasteiger charge is 2.07. The summed E-state index contributed by atoms with van der Waals surface area (Å²) in [4.78, 5) is 4.59. The van der Waals surface area contributed by atoms with Gasteiger partial charge in [-0.05, 0) is 27.1 Å². The van der Waals surface area contributed by atoms with Gasteiger partial charge in [-0.15, -0.1) is 0 Å². The van der Waals surface area contributed by atoms with E-state index in [0.717, 1.165) is 16.5 Å². The molecule has 2 N–H and O–H groups in total. The maximum Gasteiger partial charge on any atom is 0.126 e. The molecule has 0 spiro atoms. The first kappa shape index (κ1) is 14.5. The van der Waals surface area contributed by atoms with Crippen molar-refractivity contribution in [1.29, 1.82) is 0 Å². The van der Waals surface area contributed by atoms with Crippen LogP contribution in [-0.2, 0) is 6.54 Å². The third-order valence-electron chi connectivity index (χ3n) is 4.34. The highest BCUT2D eigenvalue weighted by molar-refractivity contribution is 6.16. The lowest BCUT2D eigenvalue weighted by Gasteiger charge is -2.09. The van der Waals surface area contributed by atoms with E-state index in [1.165, 1.54) is 16.2 Å². The molecule has 2 heteroatoms. The van der Waals surface area contributed by atoms with E-state index in [9.17, 15) is 0 Å². The van der Waals surface area contributed by atoms with Gasteiger partial charge < -0.3 is 5.73 Å². The standard InChI is InChI=1S/C22H18N2/c23-22(24-15-16-7-2-1-3-8-16)21-12-6-11-19-18-10-5-4-9-17(18)13-14-20(19)21/h1-14H,15H2,(H2,23,24). The molecule has 0 bridgehead atoms. The quantitative estimate of drug-likeness (QED) is 0.326. The molecule has 0 aromatic heterocycles. The molecule has 0 fully saturated rings. The molecule has 0 radical (unpaired) electrons. The van der Waals surface area contributed by atoms with E-state index in [1.807, 2.05) is 24.3 Å². The Balaban J connectivity index is 1.80. The van der Waals surface area contributed by atoms with E-state index in [1.54, 1.807) is 0 Å². The summed E-state index contributed by atoms with van der Waals surface area (Å²) in [5.41, 5.74) is 8.46. The van der Waals surface area contributed by atoms with Gasteiger partial charge in [-0.25, -0.2) is 0 Å². The smallest absolute Gasteiger partial charge is 0.126 e. The van der Waals surface area contributed by atoms with E-state index in [2.05, 4.69) is 65.7 Å². The number of fused-ring (bicyclic) bond motifs is 3. The Bertz CT molecular complexity index is 1030. The van der Waals surface area contributed by atoms with E-state index in [4.69, 9.17) is 5.73 Å². The normalized spacial score (nSPS) is 11.9. The molecule has 0 aliphatic rings. The highest BCUT2D eigenvalue weighted by Crippen LogP contribution is 2.27. The second-order valence-electron chi connectivity index (χ2n) is 5.87. The molecular weight excluding hydrogens is 292 g/mol. The molecule has 4 aromatic rings. The van der Waals surface area contributed by atoms with E-state index in [-0.39, 0.29) is 0 Å². The molecule has 4 rings (SSSR count). The van der Waals surface area contributed by atoms with Crippen LogP contribution in [0.3, 0.4) is 0 Å². The van der Waals surface area contributed by atoms with Crippen molar-refractivity contribution in [2.45, 2.75) is 6.54 Å². The van der Waals surface area contributed by atoms with Crippen molar-refractivity contribution in [3.63, 3.8) is 0 Å². The molecule has 0 saturated carbocycles. The van der Waals surface area contributed by atoms with Gasteiger partial charge in [0, 0.05) is 5.56 Å². The number of hydrogen-bond acceptors (Lipinski definition) is 1. The third-order valence-corrected chi connectivity index (χ3v) is 4.34. The van der Waals surface area contributed by atoms with Crippen LogP contribution in [0, 0.1) is 0 Å². The van der Waals surface area contributed by atoms with Crippen LogP contribution >= 0.6 is 0 Å². The molecule has 0 heterocycles. The fourth-order valence-corrected chi connectivity index (χ4v) is 3.11. The van der Waals surface area contributed by atoms with Crippen LogP contribution < -0.4 is 5.73 Å². The van der Waals surface area contributed by atoms with Crippen LogP contribution in [0.15, 0.2) is 89.9 Å². The molecule has 24 heavy (non-hydrogen) atoms. The van der Waals surface area contributed by atoms with Gasteiger partial charge in [0.1, 0.15) is 5.84 Å². The molecule has 0 atom stereocenters. The van der Waals surface area contributed by atoms with Crippen LogP contribution in [0.2, 0.25) is 0 Å². The summed E-state index contributed by atoms with van der Waals surface area (Å²) in [5.74, 6) is 0.583. The maximum absolute atomic E-state index is 6.30. The summed E-state index contributed by atoms with van der Waals surface area (Å²) in [7, 11) is 0. The minimum absolute atomic E-state index is 0.583. The van der Waals surface area contributed by atoms with Crippen molar-refractivity contribution >= 4 is 27.4 Å². The molecule has 2 nitrogen and oxygen atoms in total. The number of amidine groups is 1. The fraction of sp³-hybridized carbons (Fsp3) is 0.0455. The molecule has 4 aromatic carbocycles. The monoisotopic (exact) mass is 310 g/mol. The van der Waals surface area contributed by atoms with E-state index in [0.29, 0.717) is 12.4 Å². The first-order chi connectivity index (χ1) is 11.8. The van der Waals surface area contributed by atoms with Crippen molar-refractivity contribution in [2.24, 2.45) is 10.7 Å². The van der Waals surface area contributed by atoms with Gasteiger partial charge >= 0.3 is 0 Å². The number of nitrogens with zero attached hydrogens (tertiary/aromatic N) is 1. The Morgan fingerprint density at radius 2 is 1.42 bits per heavy atom. The summed E-state index contributed by atoms with van der Waals surface area (Å²) < 4.78 is 0. The lowest BCUT2D eigenvalue weighted by atomic mass is 9.98. The SMILES string of the molecule is NC(=NCc1ccccc1)c1cccc2c1ccc1ccccc12. The van der Waals surface area contributed by atoms with Crippen molar-refractivity contribution in [1.82, 2.24) is 0 Å². The minimum Gasteiger partial charge on any atom is -0.383 e. The van der Waals surface area contributed by atoms with Crippen molar-refractivity contribution in [2.75, 3.05) is 0 Å². The number of rotatable bonds is 3. The van der Waals surface area contributed by atoms with Crippen molar-refractivity contribution in [3.05, 3.63) is 96.1 Å². The molecule has 116 valence electrons. The first-order valence-corrected chi connectivity index (χ1v) is 8.07. The van der Waals surface area contributed by atoms with E-state index < -0.39 is 0 Å². The van der Waals surface area contributed by atoms with Crippen molar-refractivity contribution < 1.29 is 0 Å². The molecular formula is C22H18N2. The molecule has 0 saturated heterocycles. The van der Waals surface area contributed by atoms with Gasteiger partial charge in [-0.3, -0.25) is 4.99 Å². The summed E-state index contributed by atoms with van der Waals surface area (Å²) in [6.45, 7) is 0.594. The van der Waals surface area contributed by atoms with Crippen LogP contribution in [0.5, 0.6) is 0 Å². The Labute approximate surface area is 141 Å². The topological polar surface area (TPSA) is 38.4 Å². The van der Waals surface area contributed by atoms with Gasteiger partial charge in [0.05, 0.1) is 6.54 Å². The lowest BCUT2D eigenvalue weighted by Crippen LogP contribution is -2.14. The third kappa shape index (κ3) is 2.63. The zero-order valence-corrected chi connectivity index (χ0v) is 13.3. The Morgan fingerprint density at radius 1 is 0.667 bits per heavy atom. The molecule has 0 aliphatic carbocycles. The fourth-order valence-electron chi connectivity index (χ4n) is 3.11. The lowest BCUT2D eigenvalue weighted by molar-refractivity contribution is 1.06. The second kappa shape index (κ2) is 6.17. The van der Waals surface area contributed by atoms with Crippen LogP contribution in [0.4, 0.5) is 0 Å². The van der Waals surface area contributed by atoms with E-state index >= 15 is 0 Å². The predicted octanol–water partition coefficient (Wildman–Crippen LogP) is 4.90. The molecule has 0 unspecified atom stereocenters. The van der Waals surface area contributed by atoms with Crippen LogP contribution in [0.25, 0.3) is 21.5 Å². The number of nitrogens with two attached hydrogens (primary N) is 1. The number of aliphatic imine (C=N–C) groups is 1. The summed E-state index contributed by atoms with van der Waals surface area (Å²) in [6, 6.07) is 29.1. The Hall–Kier alpha value is -3.13. The second-order valence-corrected chi connectivity index (χ2v) is 5.87. The highest BCUT2D eigenvalue weighted by atomic mass is 14.8. The van der Waals surface area contributed by atoms with Gasteiger partial charge in [0.25, 0.3) is 0 Å². The van der Waals surface area contributed by atoms with Crippen LogP contribution in [0.1, 0.15) is 11.1 Å². The van der Waals surface area contributed by atoms with Gasteiger partial charge in [0.2, 0.25) is 0 Å². The zero-order valence-electron chi connectivity index (χ0n) is 13.3. The summed E-state index contributed by atoms with van der Waals surface area (Å²) in [5, 5.41) is 4.84. The largest absolute Gasteiger partial charge is 0.383 e. The summed E-state index contributed by atoms with van der Waals surface area (Å²) in [6.07, 6.45) is 0. The first-order valence-electron chi connectivity index (χ1n) is 8.07. The van der Waals surface area contributed by atoms with Crippen LogP contribution in [-0.4, -0.2) is 5.84 Å². The average Bonchev–Trinajstić information content (AvgIpc) is 2.66. The maximum atomic E-state index is 6.30. The minimum atomic E-state index is 0.583. The molecule has 0 amide bonds. The average molecular weight is 310 g/mol. The zero-order chi connectivity index (χ0) is 16.4. The summed E-state index contributed by atoms with van der Waals surface area (Å²) >= 11 is 0.